The van der Waals surface area contributed by atoms with Gasteiger partial charge in [0.05, 0.1) is 7.11 Å². The standard InChI is InChI=1S/C19H19NO4/c1-13-8-4-7-11-16(13)23-12-14-9-5-6-10-15(14)17-18(21)20(2)24-19(17)22-3/h4-11H,12H2,1-3H3. The maximum Gasteiger partial charge on any atom is 0.320 e. The van der Waals surface area contributed by atoms with Crippen LogP contribution in [-0.4, -0.2) is 11.8 Å². The fourth-order valence-corrected chi connectivity index (χ4v) is 2.58. The molecule has 0 aliphatic heterocycles. The monoisotopic (exact) mass is 325 g/mol. The predicted molar refractivity (Wildman–Crippen MR) is 91.4 cm³/mol. The summed E-state index contributed by atoms with van der Waals surface area (Å²) in [5, 5.41) is 0. The molecular weight excluding hydrogens is 306 g/mol. The Morgan fingerprint density at radius 1 is 1.08 bits per heavy atom. The van der Waals surface area contributed by atoms with Crippen LogP contribution in [0.15, 0.2) is 57.8 Å². The number of ether oxygens (including phenoxy) is 2. The molecule has 0 N–H and O–H groups in total. The first-order valence-electron chi connectivity index (χ1n) is 7.63. The molecule has 0 saturated heterocycles. The van der Waals surface area contributed by atoms with Crippen molar-refractivity contribution >= 4 is 0 Å². The first-order chi connectivity index (χ1) is 11.6. The van der Waals surface area contributed by atoms with Crippen molar-refractivity contribution in [1.82, 2.24) is 4.74 Å². The fraction of sp³-hybridized carbons (Fsp3) is 0.211. The highest BCUT2D eigenvalue weighted by molar-refractivity contribution is 5.70. The molecule has 0 bridgehead atoms. The van der Waals surface area contributed by atoms with Crippen molar-refractivity contribution in [3.8, 4) is 22.8 Å². The summed E-state index contributed by atoms with van der Waals surface area (Å²) in [4.78, 5) is 12.4. The predicted octanol–water partition coefficient (Wildman–Crippen LogP) is 3.54. The van der Waals surface area contributed by atoms with Gasteiger partial charge in [0, 0.05) is 12.6 Å². The van der Waals surface area contributed by atoms with Gasteiger partial charge in [0.2, 0.25) is 0 Å². The van der Waals surface area contributed by atoms with E-state index in [0.717, 1.165) is 27.2 Å². The summed E-state index contributed by atoms with van der Waals surface area (Å²) in [6, 6.07) is 15.4. The zero-order valence-corrected chi connectivity index (χ0v) is 13.9. The van der Waals surface area contributed by atoms with Gasteiger partial charge in [-0.25, -0.2) is 0 Å². The highest BCUT2D eigenvalue weighted by atomic mass is 16.6. The average molecular weight is 325 g/mol. The quantitative estimate of drug-likeness (QED) is 0.720. The highest BCUT2D eigenvalue weighted by Gasteiger charge is 2.20. The summed E-state index contributed by atoms with van der Waals surface area (Å²) in [5.41, 5.74) is 2.86. The minimum Gasteiger partial charge on any atom is -0.489 e. The molecule has 3 rings (SSSR count). The molecule has 1 heterocycles. The van der Waals surface area contributed by atoms with E-state index in [0.29, 0.717) is 12.2 Å². The molecule has 0 amide bonds. The van der Waals surface area contributed by atoms with E-state index in [2.05, 4.69) is 0 Å². The average Bonchev–Trinajstić information content (AvgIpc) is 2.89. The zero-order chi connectivity index (χ0) is 17.1. The van der Waals surface area contributed by atoms with Gasteiger partial charge in [-0.3, -0.25) is 4.79 Å². The van der Waals surface area contributed by atoms with Crippen LogP contribution in [0.2, 0.25) is 0 Å². The second-order valence-corrected chi connectivity index (χ2v) is 5.47. The maximum atomic E-state index is 12.4. The molecule has 3 aromatic rings. The Morgan fingerprint density at radius 2 is 1.79 bits per heavy atom. The van der Waals surface area contributed by atoms with Gasteiger partial charge >= 0.3 is 5.95 Å². The lowest BCUT2D eigenvalue weighted by Gasteiger charge is -2.11. The third-order valence-electron chi connectivity index (χ3n) is 3.87. The summed E-state index contributed by atoms with van der Waals surface area (Å²) in [6.45, 7) is 2.34. The second-order valence-electron chi connectivity index (χ2n) is 5.47. The number of para-hydroxylation sites is 1. The normalized spacial score (nSPS) is 10.6. The Bertz CT molecular complexity index is 908. The van der Waals surface area contributed by atoms with Crippen molar-refractivity contribution in [2.45, 2.75) is 13.5 Å². The number of hydrogen-bond donors (Lipinski definition) is 0. The molecule has 124 valence electrons. The molecule has 0 unspecified atom stereocenters. The molecule has 0 saturated carbocycles. The van der Waals surface area contributed by atoms with Crippen molar-refractivity contribution in [3.63, 3.8) is 0 Å². The topological polar surface area (TPSA) is 53.6 Å². The van der Waals surface area contributed by atoms with Gasteiger partial charge in [-0.2, -0.15) is 4.74 Å². The molecule has 0 atom stereocenters. The van der Waals surface area contributed by atoms with Crippen molar-refractivity contribution in [2.75, 3.05) is 7.11 Å². The number of nitrogens with zero attached hydrogens (tertiary/aromatic N) is 1. The first-order valence-corrected chi connectivity index (χ1v) is 7.63. The summed E-state index contributed by atoms with van der Waals surface area (Å²) in [6.07, 6.45) is 0. The van der Waals surface area contributed by atoms with Crippen LogP contribution in [0.5, 0.6) is 11.7 Å². The van der Waals surface area contributed by atoms with Crippen molar-refractivity contribution in [1.29, 1.82) is 0 Å². The van der Waals surface area contributed by atoms with Gasteiger partial charge in [-0.05, 0) is 24.1 Å². The van der Waals surface area contributed by atoms with Gasteiger partial charge in [0.1, 0.15) is 17.9 Å². The Morgan fingerprint density at radius 3 is 2.54 bits per heavy atom. The molecule has 5 nitrogen and oxygen atoms in total. The number of methoxy groups -OCH3 is 1. The lowest BCUT2D eigenvalue weighted by atomic mass is 10.0. The second kappa shape index (κ2) is 6.66. The van der Waals surface area contributed by atoms with Gasteiger partial charge in [-0.15, -0.1) is 0 Å². The molecule has 24 heavy (non-hydrogen) atoms. The number of benzene rings is 2. The summed E-state index contributed by atoms with van der Waals surface area (Å²) in [7, 11) is 3.04. The van der Waals surface area contributed by atoms with Gasteiger partial charge < -0.3 is 14.0 Å². The SMILES string of the molecule is COc1on(C)c(=O)c1-c1ccccc1COc1ccccc1C. The molecule has 0 fully saturated rings. The molecule has 5 heteroatoms. The van der Waals surface area contributed by atoms with Crippen LogP contribution in [0, 0.1) is 6.92 Å². The van der Waals surface area contributed by atoms with Crippen LogP contribution in [0.4, 0.5) is 0 Å². The van der Waals surface area contributed by atoms with Gasteiger partial charge in [0.25, 0.3) is 5.56 Å². The minimum absolute atomic E-state index is 0.200. The van der Waals surface area contributed by atoms with Crippen LogP contribution in [0.1, 0.15) is 11.1 Å². The summed E-state index contributed by atoms with van der Waals surface area (Å²) in [5.74, 6) is 1.02. The van der Waals surface area contributed by atoms with E-state index >= 15 is 0 Å². The Kier molecular flexibility index (Phi) is 4.42. The van der Waals surface area contributed by atoms with E-state index in [4.69, 9.17) is 14.0 Å². The van der Waals surface area contributed by atoms with E-state index in [1.54, 1.807) is 7.05 Å². The zero-order valence-electron chi connectivity index (χ0n) is 13.9. The van der Waals surface area contributed by atoms with Crippen molar-refractivity contribution in [3.05, 3.63) is 70.0 Å². The molecule has 0 radical (unpaired) electrons. The van der Waals surface area contributed by atoms with E-state index < -0.39 is 0 Å². The number of aromatic nitrogens is 1. The summed E-state index contributed by atoms with van der Waals surface area (Å²) >= 11 is 0. The molecule has 1 aromatic heterocycles. The highest BCUT2D eigenvalue weighted by Crippen LogP contribution is 2.30. The Hall–Kier alpha value is -2.95. The van der Waals surface area contributed by atoms with Crippen molar-refractivity contribution in [2.24, 2.45) is 7.05 Å². The summed E-state index contributed by atoms with van der Waals surface area (Å²) < 4.78 is 17.6. The maximum absolute atomic E-state index is 12.4. The Balaban J connectivity index is 1.98. The largest absolute Gasteiger partial charge is 0.489 e. The number of aryl methyl sites for hydroxylation is 2. The molecule has 0 aliphatic rings. The van der Waals surface area contributed by atoms with Crippen LogP contribution in [0.3, 0.4) is 0 Å². The Labute approximate surface area is 140 Å². The number of rotatable bonds is 5. The molecule has 2 aromatic carbocycles. The third-order valence-corrected chi connectivity index (χ3v) is 3.87. The van der Waals surface area contributed by atoms with Crippen molar-refractivity contribution < 1.29 is 14.0 Å². The lowest BCUT2D eigenvalue weighted by molar-refractivity contribution is 0.208. The molecular formula is C19H19NO4. The molecule has 0 aliphatic carbocycles. The fourth-order valence-electron chi connectivity index (χ4n) is 2.58. The van der Waals surface area contributed by atoms with Gasteiger partial charge in [-0.1, -0.05) is 42.5 Å². The van der Waals surface area contributed by atoms with Crippen LogP contribution in [0.25, 0.3) is 11.1 Å². The third kappa shape index (κ3) is 2.93. The smallest absolute Gasteiger partial charge is 0.320 e. The molecule has 0 spiro atoms. The van der Waals surface area contributed by atoms with Crippen LogP contribution in [-0.2, 0) is 13.7 Å². The van der Waals surface area contributed by atoms with E-state index in [1.165, 1.54) is 7.11 Å². The van der Waals surface area contributed by atoms with E-state index in [9.17, 15) is 4.79 Å². The minimum atomic E-state index is -0.241. The van der Waals surface area contributed by atoms with E-state index in [1.807, 2.05) is 55.5 Å². The number of hydrogen-bond acceptors (Lipinski definition) is 4. The van der Waals surface area contributed by atoms with Crippen LogP contribution >= 0.6 is 0 Å². The van der Waals surface area contributed by atoms with E-state index in [-0.39, 0.29) is 11.5 Å². The van der Waals surface area contributed by atoms with Crippen LogP contribution < -0.4 is 15.0 Å². The first kappa shape index (κ1) is 15.9. The lowest BCUT2D eigenvalue weighted by Crippen LogP contribution is -2.12. The van der Waals surface area contributed by atoms with Gasteiger partial charge in [0.15, 0.2) is 0 Å².